The van der Waals surface area contributed by atoms with Crippen molar-refractivity contribution in [3.8, 4) is 0 Å². The zero-order chi connectivity index (χ0) is 13.0. The number of hydrogen-bond donors (Lipinski definition) is 0. The normalized spacial score (nSPS) is 11.1. The molecule has 2 aromatic carbocycles. The second-order valence-electron chi connectivity index (χ2n) is 3.94. The van der Waals surface area contributed by atoms with E-state index in [1.165, 1.54) is 0 Å². The van der Waals surface area contributed by atoms with Gasteiger partial charge in [-0.2, -0.15) is 0 Å². The Morgan fingerprint density at radius 1 is 0.944 bits per heavy atom. The third kappa shape index (κ3) is 2.69. The fraction of sp³-hybridized carbons (Fsp3) is 0.0714. The fourth-order valence-electron chi connectivity index (χ4n) is 1.85. The van der Waals surface area contributed by atoms with Crippen LogP contribution in [0.3, 0.4) is 0 Å². The van der Waals surface area contributed by atoms with Gasteiger partial charge in [0.2, 0.25) is 0 Å². The molecule has 0 saturated heterocycles. The maximum Gasteiger partial charge on any atom is 0.0470 e. The Morgan fingerprint density at radius 2 is 1.33 bits per heavy atom. The highest BCUT2D eigenvalue weighted by Gasteiger charge is 2.21. The molecule has 0 radical (unpaired) electrons. The molecule has 4 heteroatoms. The van der Waals surface area contributed by atoms with Crippen LogP contribution < -0.4 is 15.7 Å². The zero-order valence-corrected chi connectivity index (χ0v) is 11.4. The quantitative estimate of drug-likeness (QED) is 0.777. The van der Waals surface area contributed by atoms with Crippen LogP contribution >= 0.6 is 6.04 Å². The van der Waals surface area contributed by atoms with Crippen molar-refractivity contribution in [2.45, 2.75) is 0 Å². The van der Waals surface area contributed by atoms with Crippen LogP contribution in [0.15, 0.2) is 60.7 Å². The highest BCUT2D eigenvalue weighted by Crippen LogP contribution is 2.42. The molecule has 2 rings (SSSR count). The van der Waals surface area contributed by atoms with Gasteiger partial charge in [-0.05, 0) is 10.6 Å². The van der Waals surface area contributed by atoms with Crippen molar-refractivity contribution in [1.82, 2.24) is 0 Å². The van der Waals surface area contributed by atoms with E-state index < -0.39 is 12.0 Å². The summed E-state index contributed by atoms with van der Waals surface area (Å²) in [5.74, 6) is -1.09. The van der Waals surface area contributed by atoms with Crippen molar-refractivity contribution in [1.29, 1.82) is 0 Å². The van der Waals surface area contributed by atoms with Crippen LogP contribution in [-0.4, -0.2) is 12.1 Å². The fourth-order valence-corrected chi connectivity index (χ4v) is 5.23. The molecule has 2 nitrogen and oxygen atoms in total. The number of carbonyl (C=O) groups excluding carboxylic acids is 1. The molecule has 0 aromatic heterocycles. The summed E-state index contributed by atoms with van der Waals surface area (Å²) in [5, 5.41) is 12.8. The Balaban J connectivity index is 2.55. The van der Waals surface area contributed by atoms with E-state index in [4.69, 9.17) is 11.8 Å². The second kappa shape index (κ2) is 5.47. The maximum atomic E-state index is 11.0. The lowest BCUT2D eigenvalue weighted by atomic mass is 10.4. The first-order valence-electron chi connectivity index (χ1n) is 5.53. The van der Waals surface area contributed by atoms with Gasteiger partial charge in [-0.15, -0.1) is 0 Å². The van der Waals surface area contributed by atoms with E-state index in [1.807, 2.05) is 60.7 Å². The Hall–Kier alpha value is -1.44. The average molecular weight is 275 g/mol. The third-order valence-electron chi connectivity index (χ3n) is 2.70. The first kappa shape index (κ1) is 13.0. The molecule has 0 aliphatic rings. The van der Waals surface area contributed by atoms with Crippen molar-refractivity contribution < 1.29 is 9.90 Å². The van der Waals surface area contributed by atoms with Gasteiger partial charge in [0, 0.05) is 18.2 Å². The predicted molar refractivity (Wildman–Crippen MR) is 76.3 cm³/mol. The minimum atomic E-state index is -2.31. The monoisotopic (exact) mass is 275 g/mol. The summed E-state index contributed by atoms with van der Waals surface area (Å²) in [4.78, 5) is 11.0. The molecule has 2 aromatic rings. The standard InChI is InChI=1S/C14H13O2PS/c15-14(16)11-17(18,12-7-3-1-4-8-12)13-9-5-2-6-10-13/h1-10H,11H2,(H,15,16)/p-1. The smallest absolute Gasteiger partial charge is 0.0470 e. The molecule has 0 unspecified atom stereocenters. The molecule has 0 amide bonds. The Kier molecular flexibility index (Phi) is 3.95. The van der Waals surface area contributed by atoms with Crippen LogP contribution in [0.4, 0.5) is 0 Å². The van der Waals surface area contributed by atoms with Crippen molar-refractivity contribution in [2.75, 3.05) is 6.16 Å². The minimum absolute atomic E-state index is 0.101. The second-order valence-corrected chi connectivity index (χ2v) is 8.64. The number of benzene rings is 2. The van der Waals surface area contributed by atoms with E-state index in [9.17, 15) is 9.90 Å². The van der Waals surface area contributed by atoms with Gasteiger partial charge in [0.1, 0.15) is 0 Å². The van der Waals surface area contributed by atoms with Crippen molar-refractivity contribution in [2.24, 2.45) is 0 Å². The lowest BCUT2D eigenvalue weighted by molar-refractivity contribution is -0.301. The highest BCUT2D eigenvalue weighted by molar-refractivity contribution is 8.22. The first-order chi connectivity index (χ1) is 8.63. The number of hydrogen-bond acceptors (Lipinski definition) is 3. The molecule has 0 heterocycles. The van der Waals surface area contributed by atoms with E-state index in [-0.39, 0.29) is 6.16 Å². The number of carboxylic acid groups (broad SMARTS) is 1. The van der Waals surface area contributed by atoms with Gasteiger partial charge in [0.05, 0.1) is 0 Å². The molecule has 0 N–H and O–H groups in total. The molecular formula is C14H12O2PS-. The summed E-state index contributed by atoms with van der Waals surface area (Å²) < 4.78 is 0. The van der Waals surface area contributed by atoms with Crippen LogP contribution in [0, 0.1) is 0 Å². The van der Waals surface area contributed by atoms with Gasteiger partial charge in [0.15, 0.2) is 0 Å². The molecule has 18 heavy (non-hydrogen) atoms. The van der Waals surface area contributed by atoms with Crippen LogP contribution in [-0.2, 0) is 16.6 Å². The number of aliphatic carboxylic acids is 1. The molecular weight excluding hydrogens is 263 g/mol. The van der Waals surface area contributed by atoms with E-state index in [0.29, 0.717) is 0 Å². The third-order valence-corrected chi connectivity index (χ3v) is 7.32. The summed E-state index contributed by atoms with van der Waals surface area (Å²) >= 11 is 5.70. The summed E-state index contributed by atoms with van der Waals surface area (Å²) in [5.41, 5.74) is 0. The van der Waals surface area contributed by atoms with E-state index in [2.05, 4.69) is 0 Å². The van der Waals surface area contributed by atoms with Crippen LogP contribution in [0.5, 0.6) is 0 Å². The molecule has 92 valence electrons. The Labute approximate surface area is 111 Å². The minimum Gasteiger partial charge on any atom is -0.550 e. The average Bonchev–Trinajstić information content (AvgIpc) is 2.40. The van der Waals surface area contributed by atoms with E-state index >= 15 is 0 Å². The number of carboxylic acids is 1. The van der Waals surface area contributed by atoms with E-state index in [0.717, 1.165) is 10.6 Å². The topological polar surface area (TPSA) is 40.1 Å². The van der Waals surface area contributed by atoms with Crippen molar-refractivity contribution >= 4 is 34.4 Å². The van der Waals surface area contributed by atoms with Gasteiger partial charge >= 0.3 is 0 Å². The molecule has 0 atom stereocenters. The number of carbonyl (C=O) groups is 1. The van der Waals surface area contributed by atoms with Gasteiger partial charge in [-0.25, -0.2) is 0 Å². The highest BCUT2D eigenvalue weighted by atomic mass is 32.4. The SMILES string of the molecule is O=C([O-])CP(=S)(c1ccccc1)c1ccccc1. The molecule has 0 saturated carbocycles. The Morgan fingerprint density at radius 3 is 1.67 bits per heavy atom. The molecule has 0 fully saturated rings. The molecule has 0 aliphatic heterocycles. The summed E-state index contributed by atoms with van der Waals surface area (Å²) in [6.07, 6.45) is -0.101. The maximum absolute atomic E-state index is 11.0. The van der Waals surface area contributed by atoms with Gasteiger partial charge in [-0.1, -0.05) is 72.5 Å². The van der Waals surface area contributed by atoms with Crippen LogP contribution in [0.2, 0.25) is 0 Å². The molecule has 0 spiro atoms. The van der Waals surface area contributed by atoms with Gasteiger partial charge in [-0.3, -0.25) is 0 Å². The van der Waals surface area contributed by atoms with E-state index in [1.54, 1.807) is 0 Å². The first-order valence-corrected chi connectivity index (χ1v) is 8.52. The predicted octanol–water partition coefficient (Wildman–Crippen LogP) is 0.867. The van der Waals surface area contributed by atoms with Crippen molar-refractivity contribution in [3.63, 3.8) is 0 Å². The lowest BCUT2D eigenvalue weighted by Crippen LogP contribution is -2.31. The lowest BCUT2D eigenvalue weighted by Gasteiger charge is -2.23. The molecule has 0 bridgehead atoms. The summed E-state index contributed by atoms with van der Waals surface area (Å²) in [7, 11) is 0. The van der Waals surface area contributed by atoms with Gasteiger partial charge in [0.25, 0.3) is 0 Å². The Bertz CT molecular complexity index is 538. The largest absolute Gasteiger partial charge is 0.550 e. The zero-order valence-electron chi connectivity index (χ0n) is 9.65. The van der Waals surface area contributed by atoms with Crippen LogP contribution in [0.1, 0.15) is 0 Å². The summed E-state index contributed by atoms with van der Waals surface area (Å²) in [6, 6.07) is 16.6. The van der Waals surface area contributed by atoms with Crippen molar-refractivity contribution in [3.05, 3.63) is 60.7 Å². The van der Waals surface area contributed by atoms with Gasteiger partial charge < -0.3 is 9.90 Å². The summed E-state index contributed by atoms with van der Waals surface area (Å²) in [6.45, 7) is 0. The number of rotatable bonds is 4. The van der Waals surface area contributed by atoms with Crippen LogP contribution in [0.25, 0.3) is 0 Å². The molecule has 0 aliphatic carbocycles.